The van der Waals surface area contributed by atoms with Crippen molar-refractivity contribution in [2.45, 2.75) is 26.8 Å². The lowest BCUT2D eigenvalue weighted by Gasteiger charge is -2.21. The minimum Gasteiger partial charge on any atom is -0.462 e. The Morgan fingerprint density at radius 2 is 1.73 bits per heavy atom. The first-order valence-electron chi connectivity index (χ1n) is 10.2. The van der Waals surface area contributed by atoms with Crippen LogP contribution in [0.5, 0.6) is 0 Å². The van der Waals surface area contributed by atoms with Crippen molar-refractivity contribution >= 4 is 17.2 Å². The van der Waals surface area contributed by atoms with E-state index in [-0.39, 0.29) is 12.0 Å². The number of benzene rings is 2. The van der Waals surface area contributed by atoms with Gasteiger partial charge in [-0.25, -0.2) is 4.79 Å². The summed E-state index contributed by atoms with van der Waals surface area (Å²) in [6.45, 7) is 6.40. The Morgan fingerprint density at radius 3 is 2.47 bits per heavy atom. The van der Waals surface area contributed by atoms with Crippen LogP contribution in [0.2, 0.25) is 0 Å². The molecule has 0 radical (unpaired) electrons. The Bertz CT molecular complexity index is 1180. The van der Waals surface area contributed by atoms with Crippen LogP contribution >= 0.6 is 0 Å². The molecule has 30 heavy (non-hydrogen) atoms. The minimum absolute atomic E-state index is 0.133. The Balaban J connectivity index is 1.86. The third kappa shape index (κ3) is 3.81. The lowest BCUT2D eigenvalue weighted by Crippen LogP contribution is -2.14. The normalized spacial score (nSPS) is 12.0. The highest BCUT2D eigenvalue weighted by Gasteiger charge is 2.23. The zero-order valence-corrected chi connectivity index (χ0v) is 17.6. The van der Waals surface area contributed by atoms with Gasteiger partial charge < -0.3 is 14.5 Å². The molecule has 0 fully saturated rings. The smallest absolute Gasteiger partial charge is 0.340 e. The van der Waals surface area contributed by atoms with Crippen molar-refractivity contribution in [1.82, 2.24) is 4.40 Å². The number of fused-ring (bicyclic) bond motifs is 1. The maximum absolute atomic E-state index is 12.6. The fourth-order valence-corrected chi connectivity index (χ4v) is 3.75. The summed E-state index contributed by atoms with van der Waals surface area (Å²) < 4.78 is 7.38. The molecule has 2 heterocycles. The number of aryl methyl sites for hydroxylation is 2. The van der Waals surface area contributed by atoms with Crippen molar-refractivity contribution in [1.29, 1.82) is 0 Å². The lowest BCUT2D eigenvalue weighted by molar-refractivity contribution is 0.0529. The molecule has 0 saturated carbocycles. The van der Waals surface area contributed by atoms with Gasteiger partial charge in [0, 0.05) is 11.9 Å². The molecule has 0 aliphatic rings. The van der Waals surface area contributed by atoms with Crippen LogP contribution in [0.3, 0.4) is 0 Å². The molecular formula is C26H26N2O2. The SMILES string of the molecule is CCOC(=O)c1cc(C(Nc2ccc(C)c(C)c2)c2ccccc2)n2ccccc12. The number of anilines is 1. The molecule has 2 aromatic heterocycles. The van der Waals surface area contributed by atoms with Crippen molar-refractivity contribution < 1.29 is 9.53 Å². The second-order valence-corrected chi connectivity index (χ2v) is 7.45. The van der Waals surface area contributed by atoms with E-state index < -0.39 is 0 Å². The fourth-order valence-electron chi connectivity index (χ4n) is 3.75. The van der Waals surface area contributed by atoms with Gasteiger partial charge in [0.15, 0.2) is 0 Å². The van der Waals surface area contributed by atoms with Crippen molar-refractivity contribution in [2.75, 3.05) is 11.9 Å². The largest absolute Gasteiger partial charge is 0.462 e. The number of ether oxygens (including phenoxy) is 1. The number of esters is 1. The summed E-state index contributed by atoms with van der Waals surface area (Å²) in [7, 11) is 0. The summed E-state index contributed by atoms with van der Waals surface area (Å²) in [4.78, 5) is 12.6. The molecule has 4 rings (SSSR count). The number of aromatic nitrogens is 1. The van der Waals surface area contributed by atoms with Gasteiger partial charge in [0.2, 0.25) is 0 Å². The average molecular weight is 399 g/mol. The third-order valence-corrected chi connectivity index (χ3v) is 5.45. The zero-order valence-electron chi connectivity index (χ0n) is 17.6. The van der Waals surface area contributed by atoms with Crippen LogP contribution in [-0.4, -0.2) is 17.0 Å². The van der Waals surface area contributed by atoms with E-state index in [4.69, 9.17) is 4.74 Å². The summed E-state index contributed by atoms with van der Waals surface area (Å²) >= 11 is 0. The van der Waals surface area contributed by atoms with Crippen LogP contribution < -0.4 is 5.32 Å². The van der Waals surface area contributed by atoms with E-state index in [1.165, 1.54) is 11.1 Å². The molecule has 152 valence electrons. The van der Waals surface area contributed by atoms with Crippen molar-refractivity contribution in [2.24, 2.45) is 0 Å². The number of nitrogens with one attached hydrogen (secondary N) is 1. The highest BCUT2D eigenvalue weighted by atomic mass is 16.5. The van der Waals surface area contributed by atoms with Gasteiger partial charge in [0.1, 0.15) is 0 Å². The highest BCUT2D eigenvalue weighted by Crippen LogP contribution is 2.31. The molecule has 0 aliphatic heterocycles. The maximum atomic E-state index is 12.6. The first kappa shape index (κ1) is 19.8. The number of pyridine rings is 1. The number of hydrogen-bond acceptors (Lipinski definition) is 3. The van der Waals surface area contributed by atoms with Crippen LogP contribution in [0.25, 0.3) is 5.52 Å². The molecule has 1 unspecified atom stereocenters. The number of carbonyl (C=O) groups excluding carboxylic acids is 1. The molecule has 1 atom stereocenters. The first-order valence-corrected chi connectivity index (χ1v) is 10.2. The number of rotatable bonds is 6. The fraction of sp³-hybridized carbons (Fsp3) is 0.192. The standard InChI is InChI=1S/C26H26N2O2/c1-4-30-26(29)22-17-24(28-15-9-8-12-23(22)28)25(20-10-6-5-7-11-20)27-21-14-13-18(2)19(3)16-21/h5-17,25,27H,4H2,1-3H3. The second-order valence-electron chi connectivity index (χ2n) is 7.45. The van der Waals surface area contributed by atoms with Crippen LogP contribution in [0.1, 0.15) is 45.7 Å². The van der Waals surface area contributed by atoms with Gasteiger partial charge >= 0.3 is 5.97 Å². The van der Waals surface area contributed by atoms with Crippen molar-refractivity contribution in [3.63, 3.8) is 0 Å². The van der Waals surface area contributed by atoms with E-state index in [1.54, 1.807) is 0 Å². The van der Waals surface area contributed by atoms with Crippen LogP contribution in [0, 0.1) is 13.8 Å². The predicted octanol–water partition coefficient (Wildman–Crippen LogP) is 5.93. The molecule has 0 aliphatic carbocycles. The summed E-state index contributed by atoms with van der Waals surface area (Å²) in [6, 6.07) is 24.3. The molecule has 4 heteroatoms. The molecule has 0 saturated heterocycles. The van der Waals surface area contributed by atoms with Gasteiger partial charge in [-0.2, -0.15) is 0 Å². The van der Waals surface area contributed by atoms with Gasteiger partial charge in [-0.1, -0.05) is 42.5 Å². The summed E-state index contributed by atoms with van der Waals surface area (Å²) in [5.74, 6) is -0.301. The third-order valence-electron chi connectivity index (χ3n) is 5.45. The highest BCUT2D eigenvalue weighted by molar-refractivity contribution is 5.97. The summed E-state index contributed by atoms with van der Waals surface area (Å²) in [5, 5.41) is 3.68. The topological polar surface area (TPSA) is 42.7 Å². The van der Waals surface area contributed by atoms with Crippen molar-refractivity contribution in [3.8, 4) is 0 Å². The van der Waals surface area contributed by atoms with E-state index in [1.807, 2.05) is 55.6 Å². The zero-order chi connectivity index (χ0) is 21.1. The molecule has 4 aromatic rings. The Labute approximate surface area is 177 Å². The average Bonchev–Trinajstić information content (AvgIpc) is 3.15. The molecule has 0 spiro atoms. The summed E-state index contributed by atoms with van der Waals surface area (Å²) in [6.07, 6.45) is 1.99. The van der Waals surface area contributed by atoms with E-state index >= 15 is 0 Å². The molecule has 1 N–H and O–H groups in total. The molecule has 0 bridgehead atoms. The van der Waals surface area contributed by atoms with E-state index in [9.17, 15) is 4.79 Å². The first-order chi connectivity index (χ1) is 14.6. The van der Waals surface area contributed by atoms with Crippen LogP contribution in [0.15, 0.2) is 79.0 Å². The van der Waals surface area contributed by atoms with E-state index in [2.05, 4.69) is 53.9 Å². The number of carbonyl (C=O) groups is 1. The Morgan fingerprint density at radius 1 is 0.967 bits per heavy atom. The second kappa shape index (κ2) is 8.46. The monoisotopic (exact) mass is 398 g/mol. The van der Waals surface area contributed by atoms with Gasteiger partial charge in [0.05, 0.1) is 29.4 Å². The molecule has 2 aromatic carbocycles. The molecule has 4 nitrogen and oxygen atoms in total. The van der Waals surface area contributed by atoms with Crippen LogP contribution in [0.4, 0.5) is 5.69 Å². The summed E-state index contributed by atoms with van der Waals surface area (Å²) in [5.41, 5.74) is 7.06. The van der Waals surface area contributed by atoms with Gasteiger partial charge in [-0.05, 0) is 67.8 Å². The quantitative estimate of drug-likeness (QED) is 0.409. The Hall–Kier alpha value is -3.53. The van der Waals surface area contributed by atoms with Gasteiger partial charge in [-0.15, -0.1) is 0 Å². The molecule has 0 amide bonds. The van der Waals surface area contributed by atoms with Crippen LogP contribution in [-0.2, 0) is 4.74 Å². The van der Waals surface area contributed by atoms with Crippen molar-refractivity contribution in [3.05, 3.63) is 107 Å². The predicted molar refractivity (Wildman–Crippen MR) is 121 cm³/mol. The maximum Gasteiger partial charge on any atom is 0.340 e. The molecular weight excluding hydrogens is 372 g/mol. The number of nitrogens with zero attached hydrogens (tertiary/aromatic N) is 1. The van der Waals surface area contributed by atoms with E-state index in [0.717, 1.165) is 22.5 Å². The lowest BCUT2D eigenvalue weighted by atomic mass is 10.0. The van der Waals surface area contributed by atoms with Gasteiger partial charge in [0.25, 0.3) is 0 Å². The van der Waals surface area contributed by atoms with E-state index in [0.29, 0.717) is 12.2 Å². The van der Waals surface area contributed by atoms with Gasteiger partial charge in [-0.3, -0.25) is 0 Å². The minimum atomic E-state index is -0.301. The Kier molecular flexibility index (Phi) is 5.57. The number of hydrogen-bond donors (Lipinski definition) is 1.